The van der Waals surface area contributed by atoms with Crippen LogP contribution in [0.4, 0.5) is 5.69 Å². The number of para-hydroxylation sites is 1. The first-order valence-electron chi connectivity index (χ1n) is 15.9. The summed E-state index contributed by atoms with van der Waals surface area (Å²) in [5, 5.41) is 4.22. The highest BCUT2D eigenvalue weighted by Crippen LogP contribution is 2.42. The number of primary amides is 1. The Hall–Kier alpha value is -4.13. The molecule has 2 aliphatic rings. The van der Waals surface area contributed by atoms with Gasteiger partial charge >= 0.3 is 0 Å². The maximum absolute atomic E-state index is 14.7. The Morgan fingerprint density at radius 3 is 2.35 bits per heavy atom. The van der Waals surface area contributed by atoms with E-state index >= 15 is 0 Å². The van der Waals surface area contributed by atoms with Crippen molar-refractivity contribution in [3.05, 3.63) is 112 Å². The molecule has 46 heavy (non-hydrogen) atoms. The van der Waals surface area contributed by atoms with Gasteiger partial charge in [-0.25, -0.2) is 0 Å². The first kappa shape index (κ1) is 31.8. The first-order valence-corrected chi connectivity index (χ1v) is 16.6. The fraction of sp³-hybridized carbons (Fsp3) is 0.289. The Morgan fingerprint density at radius 2 is 1.63 bits per heavy atom. The van der Waals surface area contributed by atoms with Gasteiger partial charge in [0.05, 0.1) is 12.2 Å². The van der Waals surface area contributed by atoms with E-state index < -0.39 is 23.8 Å². The molecule has 1 saturated carbocycles. The summed E-state index contributed by atoms with van der Waals surface area (Å²) in [5.41, 5.74) is 11.7. The lowest BCUT2D eigenvalue weighted by atomic mass is 9.83. The molecular formula is C38H37Cl2N3O3. The number of nitrogens with two attached hydrogens (primary N) is 1. The van der Waals surface area contributed by atoms with Crippen molar-refractivity contribution in [2.45, 2.75) is 51.6 Å². The minimum atomic E-state index is -0.957. The summed E-state index contributed by atoms with van der Waals surface area (Å²) >= 11 is 12.7. The topological polar surface area (TPSA) is 92.5 Å². The predicted molar refractivity (Wildman–Crippen MR) is 184 cm³/mol. The summed E-state index contributed by atoms with van der Waals surface area (Å²) in [6, 6.07) is 27.9. The van der Waals surface area contributed by atoms with Crippen molar-refractivity contribution in [3.8, 4) is 22.3 Å². The quantitative estimate of drug-likeness (QED) is 0.170. The zero-order valence-electron chi connectivity index (χ0n) is 25.7. The van der Waals surface area contributed by atoms with Crippen molar-refractivity contribution < 1.29 is 14.4 Å². The molecule has 8 heteroatoms. The molecule has 236 valence electrons. The minimum Gasteiger partial charge on any atom is -0.369 e. The lowest BCUT2D eigenvalue weighted by molar-refractivity contribution is -0.136. The number of hydrogen-bond donors (Lipinski definition) is 2. The Kier molecular flexibility index (Phi) is 9.48. The van der Waals surface area contributed by atoms with Gasteiger partial charge in [-0.15, -0.1) is 0 Å². The highest BCUT2D eigenvalue weighted by Gasteiger charge is 2.40. The summed E-state index contributed by atoms with van der Waals surface area (Å²) in [6.45, 7) is 2.25. The highest BCUT2D eigenvalue weighted by molar-refractivity contribution is 6.36. The Balaban J connectivity index is 1.39. The van der Waals surface area contributed by atoms with E-state index in [1.807, 2.05) is 85.8 Å². The molecule has 1 heterocycles. The van der Waals surface area contributed by atoms with Gasteiger partial charge in [0.25, 0.3) is 5.91 Å². The summed E-state index contributed by atoms with van der Waals surface area (Å²) in [4.78, 5) is 43.2. The lowest BCUT2D eigenvalue weighted by Crippen LogP contribution is -2.46. The van der Waals surface area contributed by atoms with Gasteiger partial charge < -0.3 is 16.0 Å². The lowest BCUT2D eigenvalue weighted by Gasteiger charge is -2.29. The molecule has 0 spiro atoms. The fourth-order valence-electron chi connectivity index (χ4n) is 6.65. The van der Waals surface area contributed by atoms with E-state index in [1.54, 1.807) is 17.0 Å². The van der Waals surface area contributed by atoms with Gasteiger partial charge in [0.15, 0.2) is 0 Å². The van der Waals surface area contributed by atoms with Crippen molar-refractivity contribution >= 4 is 46.6 Å². The molecule has 0 saturated heterocycles. The van der Waals surface area contributed by atoms with Crippen LogP contribution in [0.15, 0.2) is 91.0 Å². The van der Waals surface area contributed by atoms with Gasteiger partial charge in [0.2, 0.25) is 11.8 Å². The van der Waals surface area contributed by atoms with Crippen LogP contribution in [0.1, 0.15) is 56.2 Å². The van der Waals surface area contributed by atoms with Gasteiger partial charge in [-0.2, -0.15) is 0 Å². The van der Waals surface area contributed by atoms with E-state index in [-0.39, 0.29) is 18.4 Å². The van der Waals surface area contributed by atoms with Crippen molar-refractivity contribution in [2.75, 3.05) is 4.90 Å². The molecule has 6 nitrogen and oxygen atoms in total. The summed E-state index contributed by atoms with van der Waals surface area (Å²) in [5.74, 6) is -1.81. The normalized spacial score (nSPS) is 17.0. The summed E-state index contributed by atoms with van der Waals surface area (Å²) < 4.78 is 0. The number of hydrogen-bond acceptors (Lipinski definition) is 3. The number of benzene rings is 4. The smallest absolute Gasteiger partial charge is 0.254 e. The summed E-state index contributed by atoms with van der Waals surface area (Å²) in [7, 11) is 0. The standard InChI is InChI=1S/C38H37Cl2N3O3/c1-2-8-31(36(41)44)32(20-23-15-16-23)37(45)42-35-30-13-4-3-11-28(30)29-12-5-6-14-34(29)43(38(35)46)22-24-9-7-10-25(19-24)27-18-17-26(39)21-33(27)40/h3-7,9-14,17-19,21,23,31-32,35H,2,8,15-16,20,22H2,1H3,(H2,41,44)(H,42,45). The molecule has 3 atom stereocenters. The van der Waals surface area contributed by atoms with Crippen LogP contribution in [-0.4, -0.2) is 17.7 Å². The Morgan fingerprint density at radius 1 is 0.891 bits per heavy atom. The number of fused-ring (bicyclic) bond motifs is 3. The fourth-order valence-corrected chi connectivity index (χ4v) is 7.17. The largest absolute Gasteiger partial charge is 0.369 e. The second-order valence-corrected chi connectivity index (χ2v) is 13.2. The van der Waals surface area contributed by atoms with Crippen LogP contribution in [0.2, 0.25) is 10.0 Å². The molecule has 4 aromatic carbocycles. The van der Waals surface area contributed by atoms with Gasteiger partial charge in [-0.05, 0) is 65.3 Å². The Labute approximate surface area is 279 Å². The number of carbonyl (C=O) groups is 3. The average Bonchev–Trinajstić information content (AvgIpc) is 3.88. The third kappa shape index (κ3) is 6.69. The molecule has 1 aliphatic carbocycles. The number of anilines is 1. The van der Waals surface area contributed by atoms with E-state index in [0.29, 0.717) is 34.4 Å². The van der Waals surface area contributed by atoms with Crippen LogP contribution in [0.3, 0.4) is 0 Å². The second-order valence-electron chi connectivity index (χ2n) is 12.4. The molecule has 0 radical (unpaired) electrons. The maximum atomic E-state index is 14.7. The third-order valence-corrected chi connectivity index (χ3v) is 9.69. The van der Waals surface area contributed by atoms with Gasteiger partial charge in [0.1, 0.15) is 6.04 Å². The zero-order valence-corrected chi connectivity index (χ0v) is 27.2. The molecule has 0 aromatic heterocycles. The first-order chi connectivity index (χ1) is 22.2. The van der Waals surface area contributed by atoms with Crippen LogP contribution in [-0.2, 0) is 20.9 Å². The molecule has 0 bridgehead atoms. The van der Waals surface area contributed by atoms with Crippen molar-refractivity contribution in [1.29, 1.82) is 0 Å². The zero-order chi connectivity index (χ0) is 32.4. The van der Waals surface area contributed by atoms with Crippen LogP contribution in [0, 0.1) is 17.8 Å². The van der Waals surface area contributed by atoms with Gasteiger partial charge in [0, 0.05) is 33.0 Å². The van der Waals surface area contributed by atoms with Crippen LogP contribution in [0.5, 0.6) is 0 Å². The van der Waals surface area contributed by atoms with Gasteiger partial charge in [-0.3, -0.25) is 14.4 Å². The molecule has 3 unspecified atom stereocenters. The van der Waals surface area contributed by atoms with Crippen LogP contribution >= 0.6 is 23.2 Å². The number of carbonyl (C=O) groups excluding carboxylic acids is 3. The molecule has 1 fully saturated rings. The third-order valence-electron chi connectivity index (χ3n) is 9.14. The molecule has 3 amide bonds. The number of rotatable bonds is 11. The van der Waals surface area contributed by atoms with E-state index in [1.165, 1.54) is 0 Å². The molecule has 4 aromatic rings. The van der Waals surface area contributed by atoms with E-state index in [4.69, 9.17) is 28.9 Å². The number of halogens is 2. The Bertz CT molecular complexity index is 1790. The van der Waals surface area contributed by atoms with E-state index in [2.05, 4.69) is 5.32 Å². The number of amides is 3. The van der Waals surface area contributed by atoms with E-state index in [0.717, 1.165) is 52.8 Å². The minimum absolute atomic E-state index is 0.253. The maximum Gasteiger partial charge on any atom is 0.254 e. The summed E-state index contributed by atoms with van der Waals surface area (Å²) in [6.07, 6.45) is 3.93. The van der Waals surface area contributed by atoms with E-state index in [9.17, 15) is 14.4 Å². The second kappa shape index (κ2) is 13.7. The molecule has 1 aliphatic heterocycles. The van der Waals surface area contributed by atoms with Crippen LogP contribution in [0.25, 0.3) is 22.3 Å². The van der Waals surface area contributed by atoms with Crippen molar-refractivity contribution in [1.82, 2.24) is 5.32 Å². The highest BCUT2D eigenvalue weighted by atomic mass is 35.5. The molecule has 3 N–H and O–H groups in total. The van der Waals surface area contributed by atoms with Crippen molar-refractivity contribution in [2.24, 2.45) is 23.5 Å². The predicted octanol–water partition coefficient (Wildman–Crippen LogP) is 8.35. The van der Waals surface area contributed by atoms with Crippen molar-refractivity contribution in [3.63, 3.8) is 0 Å². The van der Waals surface area contributed by atoms with Crippen LogP contribution < -0.4 is 16.0 Å². The SMILES string of the molecule is CCCC(C(N)=O)C(CC1CC1)C(=O)NC1C(=O)N(Cc2cccc(-c3ccc(Cl)cc3Cl)c2)c2ccccc2-c2ccccc21. The number of nitrogens with zero attached hydrogens (tertiary/aromatic N) is 1. The molecular weight excluding hydrogens is 617 g/mol. The van der Waals surface area contributed by atoms with Gasteiger partial charge in [-0.1, -0.05) is 116 Å². The number of nitrogens with one attached hydrogen (secondary N) is 1. The monoisotopic (exact) mass is 653 g/mol. The molecule has 6 rings (SSSR count). The average molecular weight is 655 g/mol.